The minimum Gasteiger partial charge on any atom is -0.488 e. The number of unbranched alkanes of at least 4 members (excludes halogenated alkanes) is 15. The van der Waals surface area contributed by atoms with Gasteiger partial charge in [-0.25, -0.2) is 0 Å². The number of aromatic nitrogens is 1. The second kappa shape index (κ2) is 27.2. The van der Waals surface area contributed by atoms with Gasteiger partial charge in [-0.2, -0.15) is 0 Å². The number of benzene rings is 2. The molecule has 276 valence electrons. The Balaban J connectivity index is 0.00000400. The van der Waals surface area contributed by atoms with E-state index in [-0.39, 0.29) is 35.7 Å². The SMILES string of the molecule is CCCCCCCCCCCCCCCCCCOc1cn(Cc2ccccc2)c(CN2CCN(c3ccccc3)CC2)cc1=O.Cl.Cl.O. The Kier molecular flexibility index (Phi) is 24.7. The molecular weight excluding hydrogens is 653 g/mol. The van der Waals surface area contributed by atoms with Gasteiger partial charge >= 0.3 is 0 Å². The zero-order valence-corrected chi connectivity index (χ0v) is 31.8. The second-order valence-corrected chi connectivity index (χ2v) is 13.4. The number of hydrogen-bond donors (Lipinski definition) is 0. The fourth-order valence-corrected chi connectivity index (χ4v) is 6.63. The van der Waals surface area contributed by atoms with Gasteiger partial charge in [0.1, 0.15) is 0 Å². The summed E-state index contributed by atoms with van der Waals surface area (Å²) in [5.41, 5.74) is 3.56. The summed E-state index contributed by atoms with van der Waals surface area (Å²) in [4.78, 5) is 18.1. The number of anilines is 1. The first-order valence-corrected chi connectivity index (χ1v) is 18.7. The molecule has 3 aromatic rings. The number of para-hydroxylation sites is 1. The van der Waals surface area contributed by atoms with Crippen LogP contribution in [0, 0.1) is 0 Å². The molecule has 8 heteroatoms. The maximum Gasteiger partial charge on any atom is 0.223 e. The highest BCUT2D eigenvalue weighted by atomic mass is 35.5. The maximum absolute atomic E-state index is 13.2. The zero-order chi connectivity index (χ0) is 32.1. The summed E-state index contributed by atoms with van der Waals surface area (Å²) in [5.74, 6) is 0.481. The summed E-state index contributed by atoms with van der Waals surface area (Å²) in [6.07, 6.45) is 23.6. The third kappa shape index (κ3) is 17.3. The largest absolute Gasteiger partial charge is 0.488 e. The molecular formula is C41H65Cl2N3O3. The lowest BCUT2D eigenvalue weighted by Crippen LogP contribution is -2.46. The first-order valence-electron chi connectivity index (χ1n) is 18.7. The Labute approximate surface area is 309 Å². The average molecular weight is 719 g/mol. The van der Waals surface area contributed by atoms with Crippen LogP contribution in [0.1, 0.15) is 121 Å². The minimum atomic E-state index is -0.00118. The van der Waals surface area contributed by atoms with E-state index in [0.717, 1.165) is 51.4 Å². The van der Waals surface area contributed by atoms with E-state index in [9.17, 15) is 4.79 Å². The molecule has 1 aliphatic rings. The number of rotatable bonds is 23. The highest BCUT2D eigenvalue weighted by Gasteiger charge is 2.19. The van der Waals surface area contributed by atoms with E-state index < -0.39 is 0 Å². The topological polar surface area (TPSA) is 69.2 Å². The van der Waals surface area contributed by atoms with Crippen LogP contribution in [0.5, 0.6) is 5.75 Å². The van der Waals surface area contributed by atoms with Crippen molar-refractivity contribution in [3.8, 4) is 5.75 Å². The summed E-state index contributed by atoms with van der Waals surface area (Å²) >= 11 is 0. The van der Waals surface area contributed by atoms with E-state index in [1.165, 1.54) is 108 Å². The van der Waals surface area contributed by atoms with Crippen molar-refractivity contribution in [2.75, 3.05) is 37.7 Å². The van der Waals surface area contributed by atoms with E-state index >= 15 is 0 Å². The molecule has 2 N–H and O–H groups in total. The van der Waals surface area contributed by atoms with Gasteiger partial charge in [0.25, 0.3) is 0 Å². The summed E-state index contributed by atoms with van der Waals surface area (Å²) in [6, 6.07) is 23.0. The van der Waals surface area contributed by atoms with Crippen LogP contribution >= 0.6 is 24.8 Å². The molecule has 4 rings (SSSR count). The molecule has 1 aromatic heterocycles. The van der Waals surface area contributed by atoms with Gasteiger partial charge in [0.15, 0.2) is 5.75 Å². The molecule has 1 saturated heterocycles. The van der Waals surface area contributed by atoms with Gasteiger partial charge in [-0.15, -0.1) is 24.8 Å². The van der Waals surface area contributed by atoms with Gasteiger partial charge in [-0.3, -0.25) is 9.69 Å². The Bertz CT molecular complexity index is 1270. The molecule has 0 amide bonds. The number of piperazine rings is 1. The molecule has 49 heavy (non-hydrogen) atoms. The van der Waals surface area contributed by atoms with Gasteiger partial charge in [0.2, 0.25) is 5.43 Å². The van der Waals surface area contributed by atoms with Crippen LogP contribution in [0.15, 0.2) is 77.7 Å². The van der Waals surface area contributed by atoms with Crippen LogP contribution in [-0.4, -0.2) is 47.7 Å². The molecule has 2 aromatic carbocycles. The molecule has 0 bridgehead atoms. The molecule has 0 aliphatic carbocycles. The highest BCUT2D eigenvalue weighted by molar-refractivity contribution is 5.85. The van der Waals surface area contributed by atoms with Crippen LogP contribution in [0.2, 0.25) is 0 Å². The van der Waals surface area contributed by atoms with Crippen LogP contribution in [0.4, 0.5) is 5.69 Å². The van der Waals surface area contributed by atoms with Crippen molar-refractivity contribution in [3.63, 3.8) is 0 Å². The molecule has 1 aliphatic heterocycles. The zero-order valence-electron chi connectivity index (χ0n) is 30.2. The molecule has 0 unspecified atom stereocenters. The average Bonchev–Trinajstić information content (AvgIpc) is 3.09. The highest BCUT2D eigenvalue weighted by Crippen LogP contribution is 2.19. The molecule has 1 fully saturated rings. The fraction of sp³-hybridized carbons (Fsp3) is 0.585. The Morgan fingerprint density at radius 1 is 0.612 bits per heavy atom. The van der Waals surface area contributed by atoms with Crippen molar-refractivity contribution >= 4 is 30.5 Å². The molecule has 0 radical (unpaired) electrons. The summed E-state index contributed by atoms with van der Waals surface area (Å²) in [7, 11) is 0. The standard InChI is InChI=1S/C41H61N3O2.2ClH.H2O/c1-2-3-4-5-6-7-8-9-10-11-12-13-14-15-16-23-32-46-41-36-44(34-37-24-19-17-20-25-37)39(33-40(41)45)35-42-28-30-43(31-29-42)38-26-21-18-22-27-38;;;/h17-22,24-27,33,36H,2-16,23,28-32,34-35H2,1H3;2*1H;1H2. The van der Waals surface area contributed by atoms with E-state index in [1.807, 2.05) is 12.3 Å². The van der Waals surface area contributed by atoms with Gasteiger partial charge in [-0.05, 0) is 24.1 Å². The Hall–Kier alpha value is -2.51. The number of pyridine rings is 1. The first kappa shape index (κ1) is 44.5. The molecule has 6 nitrogen and oxygen atoms in total. The van der Waals surface area contributed by atoms with Crippen molar-refractivity contribution in [3.05, 3.63) is 94.4 Å². The van der Waals surface area contributed by atoms with Gasteiger partial charge < -0.3 is 19.7 Å². The van der Waals surface area contributed by atoms with E-state index in [1.54, 1.807) is 0 Å². The number of ether oxygens (including phenoxy) is 1. The van der Waals surface area contributed by atoms with Crippen LogP contribution in [-0.2, 0) is 13.1 Å². The van der Waals surface area contributed by atoms with Crippen LogP contribution in [0.25, 0.3) is 0 Å². The van der Waals surface area contributed by atoms with Gasteiger partial charge in [0, 0.05) is 56.7 Å². The van der Waals surface area contributed by atoms with Gasteiger partial charge in [0.05, 0.1) is 12.8 Å². The van der Waals surface area contributed by atoms with Crippen molar-refractivity contribution in [2.45, 2.75) is 123 Å². The van der Waals surface area contributed by atoms with Crippen LogP contribution < -0.4 is 15.1 Å². The summed E-state index contributed by atoms with van der Waals surface area (Å²) in [6.45, 7) is 8.34. The summed E-state index contributed by atoms with van der Waals surface area (Å²) < 4.78 is 8.31. The van der Waals surface area contributed by atoms with E-state index in [0.29, 0.717) is 12.4 Å². The molecule has 0 saturated carbocycles. The number of hydrogen-bond acceptors (Lipinski definition) is 4. The lowest BCUT2D eigenvalue weighted by molar-refractivity contribution is 0.242. The van der Waals surface area contributed by atoms with Gasteiger partial charge in [-0.1, -0.05) is 152 Å². The molecule has 2 heterocycles. The monoisotopic (exact) mass is 717 g/mol. The quantitative estimate of drug-likeness (QED) is 0.0916. The van der Waals surface area contributed by atoms with Crippen LogP contribution in [0.3, 0.4) is 0 Å². The Morgan fingerprint density at radius 3 is 1.63 bits per heavy atom. The minimum absolute atomic E-state index is 0. The number of nitrogens with zero attached hydrogens (tertiary/aromatic N) is 3. The van der Waals surface area contributed by atoms with Crippen molar-refractivity contribution in [1.29, 1.82) is 0 Å². The fourth-order valence-electron chi connectivity index (χ4n) is 6.63. The number of halogens is 2. The lowest BCUT2D eigenvalue weighted by Gasteiger charge is -2.36. The Morgan fingerprint density at radius 2 is 1.10 bits per heavy atom. The van der Waals surface area contributed by atoms with Crippen molar-refractivity contribution in [1.82, 2.24) is 9.47 Å². The first-order chi connectivity index (χ1) is 22.7. The third-order valence-corrected chi connectivity index (χ3v) is 9.51. The lowest BCUT2D eigenvalue weighted by atomic mass is 10.0. The third-order valence-electron chi connectivity index (χ3n) is 9.51. The van der Waals surface area contributed by atoms with E-state index in [4.69, 9.17) is 4.74 Å². The summed E-state index contributed by atoms with van der Waals surface area (Å²) in [5, 5.41) is 0. The predicted octanol–water partition coefficient (Wildman–Crippen LogP) is 9.88. The second-order valence-electron chi connectivity index (χ2n) is 13.4. The smallest absolute Gasteiger partial charge is 0.223 e. The van der Waals surface area contributed by atoms with Crippen molar-refractivity contribution < 1.29 is 10.2 Å². The van der Waals surface area contributed by atoms with E-state index in [2.05, 4.69) is 82.0 Å². The normalized spacial score (nSPS) is 12.9. The predicted molar refractivity (Wildman–Crippen MR) is 213 cm³/mol. The molecule has 0 spiro atoms. The maximum atomic E-state index is 13.2. The van der Waals surface area contributed by atoms with Crippen molar-refractivity contribution in [2.24, 2.45) is 0 Å². The molecule has 0 atom stereocenters.